The van der Waals surface area contributed by atoms with Crippen LogP contribution in [0, 0.1) is 6.92 Å². The Kier molecular flexibility index (Phi) is 3.35. The molecule has 0 radical (unpaired) electrons. The van der Waals surface area contributed by atoms with Crippen LogP contribution < -0.4 is 0 Å². The molecule has 2 aliphatic rings. The SMILES string of the molecule is Cc1cccc(CN2CC3CCCN3C[C@@H]2C)n1. The highest BCUT2D eigenvalue weighted by Gasteiger charge is 2.34. The summed E-state index contributed by atoms with van der Waals surface area (Å²) in [7, 11) is 0. The van der Waals surface area contributed by atoms with E-state index in [2.05, 4.69) is 46.8 Å². The molecule has 1 aromatic heterocycles. The van der Waals surface area contributed by atoms with Crippen LogP contribution >= 0.6 is 0 Å². The van der Waals surface area contributed by atoms with E-state index in [1.165, 1.54) is 38.2 Å². The smallest absolute Gasteiger partial charge is 0.0547 e. The van der Waals surface area contributed by atoms with E-state index in [0.717, 1.165) is 18.3 Å². The van der Waals surface area contributed by atoms with E-state index in [1.807, 2.05) is 0 Å². The molecule has 0 spiro atoms. The topological polar surface area (TPSA) is 19.4 Å². The van der Waals surface area contributed by atoms with Gasteiger partial charge in [-0.15, -0.1) is 0 Å². The molecule has 2 saturated heterocycles. The zero-order chi connectivity index (χ0) is 12.5. The first kappa shape index (κ1) is 12.1. The normalized spacial score (nSPS) is 29.4. The van der Waals surface area contributed by atoms with Crippen molar-refractivity contribution in [3.8, 4) is 0 Å². The van der Waals surface area contributed by atoms with Gasteiger partial charge in [0.1, 0.15) is 0 Å². The lowest BCUT2D eigenvalue weighted by molar-refractivity contribution is 0.0531. The molecule has 2 aliphatic heterocycles. The van der Waals surface area contributed by atoms with Crippen LogP contribution in [0.4, 0.5) is 0 Å². The maximum absolute atomic E-state index is 4.63. The predicted molar refractivity (Wildman–Crippen MR) is 73.4 cm³/mol. The molecule has 0 N–H and O–H groups in total. The van der Waals surface area contributed by atoms with Gasteiger partial charge in [-0.2, -0.15) is 0 Å². The minimum Gasteiger partial charge on any atom is -0.298 e. The maximum atomic E-state index is 4.63. The minimum atomic E-state index is 0.654. The fourth-order valence-electron chi connectivity index (χ4n) is 3.36. The second-order valence-corrected chi connectivity index (χ2v) is 5.84. The van der Waals surface area contributed by atoms with E-state index in [9.17, 15) is 0 Å². The average molecular weight is 245 g/mol. The Morgan fingerprint density at radius 3 is 3.06 bits per heavy atom. The van der Waals surface area contributed by atoms with E-state index >= 15 is 0 Å². The number of hydrogen-bond donors (Lipinski definition) is 0. The zero-order valence-electron chi connectivity index (χ0n) is 11.5. The third kappa shape index (κ3) is 2.43. The second kappa shape index (κ2) is 4.98. The predicted octanol–water partition coefficient (Wildman–Crippen LogP) is 2.06. The summed E-state index contributed by atoms with van der Waals surface area (Å²) in [6, 6.07) is 7.80. The van der Waals surface area contributed by atoms with E-state index in [1.54, 1.807) is 0 Å². The number of pyridine rings is 1. The Labute approximate surface area is 110 Å². The Balaban J connectivity index is 1.68. The van der Waals surface area contributed by atoms with Crippen molar-refractivity contribution in [1.82, 2.24) is 14.8 Å². The highest BCUT2D eigenvalue weighted by molar-refractivity contribution is 5.10. The number of fused-ring (bicyclic) bond motifs is 1. The van der Waals surface area contributed by atoms with Crippen LogP contribution in [0.3, 0.4) is 0 Å². The quantitative estimate of drug-likeness (QED) is 0.795. The number of rotatable bonds is 2. The molecule has 0 aromatic carbocycles. The van der Waals surface area contributed by atoms with E-state index in [4.69, 9.17) is 0 Å². The summed E-state index contributed by atoms with van der Waals surface area (Å²) >= 11 is 0. The summed E-state index contributed by atoms with van der Waals surface area (Å²) in [6.07, 6.45) is 2.76. The number of aromatic nitrogens is 1. The minimum absolute atomic E-state index is 0.654. The molecule has 2 fully saturated rings. The van der Waals surface area contributed by atoms with Gasteiger partial charge in [0.05, 0.1) is 5.69 Å². The molecular formula is C15H23N3. The Bertz CT molecular complexity index is 418. The van der Waals surface area contributed by atoms with Gasteiger partial charge < -0.3 is 0 Å². The standard InChI is InChI=1S/C15H23N3/c1-12-5-3-6-14(16-12)10-18-11-15-7-4-8-17(15)9-13(18)2/h3,5-6,13,15H,4,7-11H2,1-2H3/t13-,15?/m0/s1. The van der Waals surface area contributed by atoms with Crippen molar-refractivity contribution < 1.29 is 0 Å². The molecule has 0 aliphatic carbocycles. The zero-order valence-corrected chi connectivity index (χ0v) is 11.5. The van der Waals surface area contributed by atoms with Gasteiger partial charge in [-0.1, -0.05) is 6.07 Å². The summed E-state index contributed by atoms with van der Waals surface area (Å²) in [5, 5.41) is 0. The lowest BCUT2D eigenvalue weighted by Crippen LogP contribution is -2.54. The van der Waals surface area contributed by atoms with Gasteiger partial charge in [0.2, 0.25) is 0 Å². The highest BCUT2D eigenvalue weighted by atomic mass is 15.3. The van der Waals surface area contributed by atoms with Crippen molar-refractivity contribution in [2.75, 3.05) is 19.6 Å². The number of nitrogens with zero attached hydrogens (tertiary/aromatic N) is 3. The van der Waals surface area contributed by atoms with Crippen molar-refractivity contribution in [3.05, 3.63) is 29.6 Å². The van der Waals surface area contributed by atoms with Gasteiger partial charge in [0.15, 0.2) is 0 Å². The monoisotopic (exact) mass is 245 g/mol. The average Bonchev–Trinajstić information content (AvgIpc) is 2.76. The number of aryl methyl sites for hydroxylation is 1. The van der Waals surface area contributed by atoms with Gasteiger partial charge in [-0.25, -0.2) is 0 Å². The summed E-state index contributed by atoms with van der Waals surface area (Å²) < 4.78 is 0. The van der Waals surface area contributed by atoms with Gasteiger partial charge in [-0.05, 0) is 45.4 Å². The van der Waals surface area contributed by atoms with E-state index < -0.39 is 0 Å². The van der Waals surface area contributed by atoms with Gasteiger partial charge in [0.25, 0.3) is 0 Å². The van der Waals surface area contributed by atoms with Crippen LogP contribution in [0.25, 0.3) is 0 Å². The first-order valence-electron chi connectivity index (χ1n) is 7.13. The van der Waals surface area contributed by atoms with Gasteiger partial charge in [0, 0.05) is 37.4 Å². The molecule has 0 amide bonds. The van der Waals surface area contributed by atoms with E-state index in [0.29, 0.717) is 6.04 Å². The van der Waals surface area contributed by atoms with Crippen LogP contribution in [0.1, 0.15) is 31.2 Å². The van der Waals surface area contributed by atoms with Gasteiger partial charge >= 0.3 is 0 Å². The Hall–Kier alpha value is -0.930. The van der Waals surface area contributed by atoms with Crippen molar-refractivity contribution in [3.63, 3.8) is 0 Å². The highest BCUT2D eigenvalue weighted by Crippen LogP contribution is 2.25. The van der Waals surface area contributed by atoms with Crippen LogP contribution in [0.2, 0.25) is 0 Å². The maximum Gasteiger partial charge on any atom is 0.0547 e. The molecule has 2 atom stereocenters. The molecule has 3 rings (SSSR count). The number of hydrogen-bond acceptors (Lipinski definition) is 3. The molecule has 3 nitrogen and oxygen atoms in total. The second-order valence-electron chi connectivity index (χ2n) is 5.84. The third-order valence-corrected chi connectivity index (χ3v) is 4.38. The molecule has 1 unspecified atom stereocenters. The van der Waals surface area contributed by atoms with Crippen LogP contribution in [-0.2, 0) is 6.54 Å². The molecular weight excluding hydrogens is 222 g/mol. The Morgan fingerprint density at radius 1 is 1.33 bits per heavy atom. The van der Waals surface area contributed by atoms with E-state index in [-0.39, 0.29) is 0 Å². The summed E-state index contributed by atoms with van der Waals surface area (Å²) in [5.74, 6) is 0. The Morgan fingerprint density at radius 2 is 2.22 bits per heavy atom. The molecule has 0 saturated carbocycles. The van der Waals surface area contributed by atoms with Crippen molar-refractivity contribution in [2.24, 2.45) is 0 Å². The summed E-state index contributed by atoms with van der Waals surface area (Å²) in [6.45, 7) is 9.19. The number of piperazine rings is 1. The molecule has 3 heteroatoms. The van der Waals surface area contributed by atoms with Crippen molar-refractivity contribution in [2.45, 2.75) is 45.3 Å². The lowest BCUT2D eigenvalue weighted by Gasteiger charge is -2.42. The van der Waals surface area contributed by atoms with Crippen LogP contribution in [0.15, 0.2) is 18.2 Å². The largest absolute Gasteiger partial charge is 0.298 e. The molecule has 1 aromatic rings. The summed E-state index contributed by atoms with van der Waals surface area (Å²) in [5.41, 5.74) is 2.34. The van der Waals surface area contributed by atoms with Crippen LogP contribution in [-0.4, -0.2) is 46.5 Å². The fraction of sp³-hybridized carbons (Fsp3) is 0.667. The first-order chi connectivity index (χ1) is 8.72. The molecule has 18 heavy (non-hydrogen) atoms. The van der Waals surface area contributed by atoms with Crippen molar-refractivity contribution >= 4 is 0 Å². The molecule has 98 valence electrons. The molecule has 3 heterocycles. The van der Waals surface area contributed by atoms with Crippen molar-refractivity contribution in [1.29, 1.82) is 0 Å². The molecule has 0 bridgehead atoms. The summed E-state index contributed by atoms with van der Waals surface area (Å²) in [4.78, 5) is 9.91. The van der Waals surface area contributed by atoms with Crippen LogP contribution in [0.5, 0.6) is 0 Å². The third-order valence-electron chi connectivity index (χ3n) is 4.38. The van der Waals surface area contributed by atoms with Gasteiger partial charge in [-0.3, -0.25) is 14.8 Å². The lowest BCUT2D eigenvalue weighted by atomic mass is 10.1. The fourth-order valence-corrected chi connectivity index (χ4v) is 3.36. The first-order valence-corrected chi connectivity index (χ1v) is 7.13.